The lowest BCUT2D eigenvalue weighted by molar-refractivity contribution is 0.0944. The van der Waals surface area contributed by atoms with E-state index in [0.29, 0.717) is 22.1 Å². The number of anilines is 1. The summed E-state index contributed by atoms with van der Waals surface area (Å²) in [6.07, 6.45) is 0. The first-order valence-electron chi connectivity index (χ1n) is 6.32. The van der Waals surface area contributed by atoms with Crippen LogP contribution in [0.4, 0.5) is 5.69 Å². The van der Waals surface area contributed by atoms with Crippen LogP contribution in [-0.4, -0.2) is 33.8 Å². The zero-order valence-electron chi connectivity index (χ0n) is 11.4. The van der Waals surface area contributed by atoms with Crippen molar-refractivity contribution >= 4 is 34.7 Å². The normalized spacial score (nSPS) is 10.4. The molecular formula is C13H15ClN4O2S. The lowest BCUT2D eigenvalue weighted by atomic mass is 10.1. The summed E-state index contributed by atoms with van der Waals surface area (Å²) in [5, 5.41) is 18.5. The Morgan fingerprint density at radius 1 is 1.48 bits per heavy atom. The third-order valence-electron chi connectivity index (χ3n) is 2.93. The summed E-state index contributed by atoms with van der Waals surface area (Å²) in [6.45, 7) is 2.45. The molecule has 3 N–H and O–H groups in total. The standard InChI is InChI=1S/C13H15ClN4O2S/c1-8-9(13(20)15-5-6-19)3-2-4-10(8)16-7-11-12(14)21-18-17-11/h2-4,16,19H,5-7H2,1H3,(H,15,20). The molecule has 0 unspecified atom stereocenters. The molecule has 1 amide bonds. The van der Waals surface area contributed by atoms with Crippen LogP contribution >= 0.6 is 23.1 Å². The number of carbonyl (C=O) groups excluding carboxylic acids is 1. The number of aliphatic hydroxyl groups is 1. The predicted octanol–water partition coefficient (Wildman–Crippen LogP) is 1.83. The van der Waals surface area contributed by atoms with Gasteiger partial charge >= 0.3 is 0 Å². The summed E-state index contributed by atoms with van der Waals surface area (Å²) in [4.78, 5) is 12.0. The molecular weight excluding hydrogens is 312 g/mol. The number of hydrogen-bond donors (Lipinski definition) is 3. The minimum Gasteiger partial charge on any atom is -0.395 e. The lowest BCUT2D eigenvalue weighted by Gasteiger charge is -2.12. The Morgan fingerprint density at radius 2 is 2.29 bits per heavy atom. The van der Waals surface area contributed by atoms with E-state index >= 15 is 0 Å². The molecule has 2 aromatic rings. The van der Waals surface area contributed by atoms with Crippen molar-refractivity contribution in [2.24, 2.45) is 0 Å². The quantitative estimate of drug-likeness (QED) is 0.754. The molecule has 0 radical (unpaired) electrons. The Labute approximate surface area is 131 Å². The molecule has 0 bridgehead atoms. The van der Waals surface area contributed by atoms with Gasteiger partial charge in [0.15, 0.2) is 0 Å². The van der Waals surface area contributed by atoms with E-state index in [1.165, 1.54) is 0 Å². The molecule has 0 aliphatic rings. The van der Waals surface area contributed by atoms with Crippen molar-refractivity contribution in [1.82, 2.24) is 14.9 Å². The van der Waals surface area contributed by atoms with E-state index in [2.05, 4.69) is 20.2 Å². The molecule has 8 heteroatoms. The second-order valence-electron chi connectivity index (χ2n) is 4.30. The highest BCUT2D eigenvalue weighted by Gasteiger charge is 2.12. The number of aromatic nitrogens is 2. The monoisotopic (exact) mass is 326 g/mol. The van der Waals surface area contributed by atoms with Gasteiger partial charge < -0.3 is 15.7 Å². The van der Waals surface area contributed by atoms with Crippen molar-refractivity contribution in [3.05, 3.63) is 39.4 Å². The first-order valence-corrected chi connectivity index (χ1v) is 7.48. The zero-order chi connectivity index (χ0) is 15.2. The summed E-state index contributed by atoms with van der Waals surface area (Å²) in [5.74, 6) is -0.210. The third-order valence-corrected chi connectivity index (χ3v) is 3.92. The Kier molecular flexibility index (Phi) is 5.49. The van der Waals surface area contributed by atoms with Crippen molar-refractivity contribution in [3.63, 3.8) is 0 Å². The SMILES string of the molecule is Cc1c(NCc2nnsc2Cl)cccc1C(=O)NCCO. The van der Waals surface area contributed by atoms with Crippen LogP contribution in [0.25, 0.3) is 0 Å². The third kappa shape index (κ3) is 3.90. The maximum Gasteiger partial charge on any atom is 0.251 e. The van der Waals surface area contributed by atoms with Crippen molar-refractivity contribution < 1.29 is 9.90 Å². The molecule has 0 saturated heterocycles. The van der Waals surface area contributed by atoms with Crippen LogP contribution in [0.15, 0.2) is 18.2 Å². The number of nitrogens with one attached hydrogen (secondary N) is 2. The van der Waals surface area contributed by atoms with Gasteiger partial charge in [-0.15, -0.1) is 5.10 Å². The Morgan fingerprint density at radius 3 is 2.95 bits per heavy atom. The van der Waals surface area contributed by atoms with Gasteiger partial charge in [-0.25, -0.2) is 0 Å². The van der Waals surface area contributed by atoms with Crippen LogP contribution in [0.5, 0.6) is 0 Å². The summed E-state index contributed by atoms with van der Waals surface area (Å²) >= 11 is 7.09. The molecule has 0 atom stereocenters. The fraction of sp³-hybridized carbons (Fsp3) is 0.308. The zero-order valence-corrected chi connectivity index (χ0v) is 13.0. The minimum absolute atomic E-state index is 0.0853. The molecule has 0 aliphatic carbocycles. The van der Waals surface area contributed by atoms with E-state index in [9.17, 15) is 4.79 Å². The lowest BCUT2D eigenvalue weighted by Crippen LogP contribution is -2.27. The smallest absolute Gasteiger partial charge is 0.251 e. The fourth-order valence-electron chi connectivity index (χ4n) is 1.82. The number of amides is 1. The second-order valence-corrected chi connectivity index (χ2v) is 5.66. The van der Waals surface area contributed by atoms with Crippen LogP contribution in [-0.2, 0) is 6.54 Å². The van der Waals surface area contributed by atoms with Gasteiger partial charge in [0.05, 0.1) is 13.2 Å². The fourth-order valence-corrected chi connectivity index (χ4v) is 2.45. The van der Waals surface area contributed by atoms with Crippen molar-refractivity contribution in [2.75, 3.05) is 18.5 Å². The van der Waals surface area contributed by atoms with E-state index in [1.807, 2.05) is 13.0 Å². The highest BCUT2D eigenvalue weighted by Crippen LogP contribution is 2.22. The summed E-state index contributed by atoms with van der Waals surface area (Å²) in [5.41, 5.74) is 2.90. The van der Waals surface area contributed by atoms with E-state index in [4.69, 9.17) is 16.7 Å². The number of nitrogens with zero attached hydrogens (tertiary/aromatic N) is 2. The molecule has 2 rings (SSSR count). The number of benzene rings is 1. The molecule has 0 spiro atoms. The predicted molar refractivity (Wildman–Crippen MR) is 82.8 cm³/mol. The molecule has 0 fully saturated rings. The van der Waals surface area contributed by atoms with E-state index in [-0.39, 0.29) is 19.1 Å². The molecule has 1 aromatic heterocycles. The maximum atomic E-state index is 12.0. The Hall–Kier alpha value is -1.70. The molecule has 112 valence electrons. The van der Waals surface area contributed by atoms with Crippen LogP contribution < -0.4 is 10.6 Å². The van der Waals surface area contributed by atoms with Gasteiger partial charge in [-0.1, -0.05) is 22.2 Å². The van der Waals surface area contributed by atoms with Gasteiger partial charge in [0.25, 0.3) is 5.91 Å². The van der Waals surface area contributed by atoms with Gasteiger partial charge in [-0.2, -0.15) is 0 Å². The second kappa shape index (κ2) is 7.35. The van der Waals surface area contributed by atoms with Crippen molar-refractivity contribution in [1.29, 1.82) is 0 Å². The van der Waals surface area contributed by atoms with Gasteiger partial charge in [0.1, 0.15) is 10.0 Å². The van der Waals surface area contributed by atoms with Gasteiger partial charge in [-0.3, -0.25) is 4.79 Å². The summed E-state index contributed by atoms with van der Waals surface area (Å²) in [6, 6.07) is 5.42. The highest BCUT2D eigenvalue weighted by atomic mass is 35.5. The Balaban J connectivity index is 2.10. The molecule has 0 aliphatic heterocycles. The van der Waals surface area contributed by atoms with Gasteiger partial charge in [-0.05, 0) is 24.6 Å². The summed E-state index contributed by atoms with van der Waals surface area (Å²) in [7, 11) is 0. The molecule has 0 saturated carbocycles. The number of rotatable bonds is 6. The number of carbonyl (C=O) groups is 1. The van der Waals surface area contributed by atoms with Crippen LogP contribution in [0, 0.1) is 6.92 Å². The average Bonchev–Trinajstić information content (AvgIpc) is 2.89. The molecule has 6 nitrogen and oxygen atoms in total. The molecule has 1 aromatic carbocycles. The number of halogens is 1. The van der Waals surface area contributed by atoms with E-state index < -0.39 is 0 Å². The maximum absolute atomic E-state index is 12.0. The first-order chi connectivity index (χ1) is 10.1. The first kappa shape index (κ1) is 15.7. The topological polar surface area (TPSA) is 87.1 Å². The number of hydrogen-bond acceptors (Lipinski definition) is 6. The average molecular weight is 327 g/mol. The van der Waals surface area contributed by atoms with Crippen LogP contribution in [0.1, 0.15) is 21.6 Å². The van der Waals surface area contributed by atoms with Crippen molar-refractivity contribution in [2.45, 2.75) is 13.5 Å². The van der Waals surface area contributed by atoms with Crippen LogP contribution in [0.2, 0.25) is 4.34 Å². The Bertz CT molecular complexity index is 632. The largest absolute Gasteiger partial charge is 0.395 e. The molecule has 1 heterocycles. The van der Waals surface area contributed by atoms with Gasteiger partial charge in [0, 0.05) is 29.3 Å². The molecule has 21 heavy (non-hydrogen) atoms. The van der Waals surface area contributed by atoms with Crippen molar-refractivity contribution in [3.8, 4) is 0 Å². The number of aliphatic hydroxyl groups excluding tert-OH is 1. The van der Waals surface area contributed by atoms with E-state index in [0.717, 1.165) is 22.8 Å². The summed E-state index contributed by atoms with van der Waals surface area (Å²) < 4.78 is 4.32. The minimum atomic E-state index is -0.210. The van der Waals surface area contributed by atoms with Crippen LogP contribution in [0.3, 0.4) is 0 Å². The van der Waals surface area contributed by atoms with Gasteiger partial charge in [0.2, 0.25) is 0 Å². The van der Waals surface area contributed by atoms with E-state index in [1.54, 1.807) is 12.1 Å². The highest BCUT2D eigenvalue weighted by molar-refractivity contribution is 7.10.